The molecule has 5 nitrogen and oxygen atoms in total. The smallest absolute Gasteiger partial charge is 0.307 e. The summed E-state index contributed by atoms with van der Waals surface area (Å²) < 4.78 is 5.48. The van der Waals surface area contributed by atoms with E-state index in [0.29, 0.717) is 12.5 Å². The first-order valence-electron chi connectivity index (χ1n) is 7.38. The molecule has 0 aromatic rings. The molecule has 0 aromatic heterocycles. The molecule has 5 heteroatoms. The average molecular weight is 279 g/mol. The van der Waals surface area contributed by atoms with Crippen molar-refractivity contribution in [2.45, 2.75) is 25.9 Å². The van der Waals surface area contributed by atoms with Gasteiger partial charge in [0.25, 0.3) is 0 Å². The van der Waals surface area contributed by atoms with Crippen molar-refractivity contribution in [2.24, 2.45) is 29.6 Å². The molecule has 3 aliphatic rings. The van der Waals surface area contributed by atoms with Crippen LogP contribution in [-0.2, 0) is 14.3 Å². The molecule has 3 rings (SSSR count). The van der Waals surface area contributed by atoms with Gasteiger partial charge in [0, 0.05) is 19.1 Å². The lowest BCUT2D eigenvalue weighted by atomic mass is 9.82. The standard InChI is InChI=1S/C15H21NO4/c1-8-11(4-5-20-8)7-16-14(17)12-9-2-3-10(6-9)13(12)15(18)19/h2-3,8-13H,4-7H2,1H3,(H,16,17)(H,18,19)/t8?,9?,10?,11?,12-,13+/m0/s1. The summed E-state index contributed by atoms with van der Waals surface area (Å²) in [5, 5.41) is 12.3. The maximum atomic E-state index is 12.4. The molecule has 1 aliphatic heterocycles. The zero-order valence-electron chi connectivity index (χ0n) is 11.6. The van der Waals surface area contributed by atoms with Gasteiger partial charge in [-0.1, -0.05) is 12.2 Å². The van der Waals surface area contributed by atoms with E-state index in [-0.39, 0.29) is 23.8 Å². The molecule has 0 aromatic carbocycles. The number of allylic oxidation sites excluding steroid dienone is 2. The summed E-state index contributed by atoms with van der Waals surface area (Å²) in [6.45, 7) is 3.35. The Bertz CT molecular complexity index is 447. The molecule has 1 saturated heterocycles. The summed E-state index contributed by atoms with van der Waals surface area (Å²) in [5.74, 6) is -1.44. The summed E-state index contributed by atoms with van der Waals surface area (Å²) in [7, 11) is 0. The van der Waals surface area contributed by atoms with Crippen molar-refractivity contribution >= 4 is 11.9 Å². The molecule has 110 valence electrons. The van der Waals surface area contributed by atoms with Crippen LogP contribution in [0.1, 0.15) is 19.8 Å². The van der Waals surface area contributed by atoms with Gasteiger partial charge in [0.1, 0.15) is 0 Å². The van der Waals surface area contributed by atoms with Crippen molar-refractivity contribution in [3.8, 4) is 0 Å². The fourth-order valence-corrected chi connectivity index (χ4v) is 3.91. The third-order valence-corrected chi connectivity index (χ3v) is 5.12. The van der Waals surface area contributed by atoms with Gasteiger partial charge in [-0.3, -0.25) is 9.59 Å². The van der Waals surface area contributed by atoms with Crippen LogP contribution in [-0.4, -0.2) is 36.2 Å². The van der Waals surface area contributed by atoms with Crippen molar-refractivity contribution in [1.82, 2.24) is 5.32 Å². The first-order valence-corrected chi connectivity index (χ1v) is 7.38. The Morgan fingerprint density at radius 1 is 1.30 bits per heavy atom. The first-order chi connectivity index (χ1) is 9.58. The second kappa shape index (κ2) is 5.20. The third kappa shape index (κ3) is 2.24. The highest BCUT2D eigenvalue weighted by Gasteiger charge is 2.51. The van der Waals surface area contributed by atoms with Gasteiger partial charge in [-0.05, 0) is 31.6 Å². The molecule has 2 fully saturated rings. The number of aliphatic carboxylic acids is 1. The number of fused-ring (bicyclic) bond motifs is 2. The third-order valence-electron chi connectivity index (χ3n) is 5.12. The van der Waals surface area contributed by atoms with Crippen molar-refractivity contribution in [3.05, 3.63) is 12.2 Å². The van der Waals surface area contributed by atoms with Gasteiger partial charge in [-0.15, -0.1) is 0 Å². The van der Waals surface area contributed by atoms with E-state index < -0.39 is 17.8 Å². The van der Waals surface area contributed by atoms with Gasteiger partial charge in [-0.25, -0.2) is 0 Å². The zero-order chi connectivity index (χ0) is 14.3. The lowest BCUT2D eigenvalue weighted by molar-refractivity contribution is -0.147. The number of carboxylic acid groups (broad SMARTS) is 1. The molecule has 2 aliphatic carbocycles. The monoisotopic (exact) mass is 279 g/mol. The summed E-state index contributed by atoms with van der Waals surface area (Å²) in [4.78, 5) is 23.7. The minimum absolute atomic E-state index is 0.0296. The minimum atomic E-state index is -0.848. The van der Waals surface area contributed by atoms with Crippen LogP contribution in [0.25, 0.3) is 0 Å². The average Bonchev–Trinajstić information content (AvgIpc) is 3.10. The Balaban J connectivity index is 1.61. The van der Waals surface area contributed by atoms with E-state index in [0.717, 1.165) is 19.4 Å². The molecule has 1 saturated carbocycles. The largest absolute Gasteiger partial charge is 0.481 e. The van der Waals surface area contributed by atoms with E-state index in [9.17, 15) is 14.7 Å². The second-order valence-corrected chi connectivity index (χ2v) is 6.21. The zero-order valence-corrected chi connectivity index (χ0v) is 11.6. The molecule has 0 radical (unpaired) electrons. The molecule has 1 amide bonds. The van der Waals surface area contributed by atoms with E-state index in [1.807, 2.05) is 19.1 Å². The van der Waals surface area contributed by atoms with Crippen LogP contribution in [0.4, 0.5) is 0 Å². The van der Waals surface area contributed by atoms with Crippen molar-refractivity contribution in [2.75, 3.05) is 13.2 Å². The maximum absolute atomic E-state index is 12.4. The van der Waals surface area contributed by atoms with Crippen LogP contribution in [0, 0.1) is 29.6 Å². The SMILES string of the molecule is CC1OCCC1CNC(=O)[C@H]1C2C=CC(C2)[C@H]1C(=O)O. The van der Waals surface area contributed by atoms with E-state index in [2.05, 4.69) is 5.32 Å². The van der Waals surface area contributed by atoms with Crippen LogP contribution in [0.15, 0.2) is 12.2 Å². The highest BCUT2D eigenvalue weighted by atomic mass is 16.5. The number of rotatable bonds is 4. The van der Waals surface area contributed by atoms with Crippen molar-refractivity contribution in [3.63, 3.8) is 0 Å². The number of carbonyl (C=O) groups is 2. The summed E-state index contributed by atoms with van der Waals surface area (Å²) in [5.41, 5.74) is 0. The number of hydrogen-bond donors (Lipinski definition) is 2. The Morgan fingerprint density at radius 3 is 2.60 bits per heavy atom. The normalized spacial score (nSPS) is 42.0. The summed E-state index contributed by atoms with van der Waals surface area (Å²) in [6, 6.07) is 0. The van der Waals surface area contributed by atoms with E-state index >= 15 is 0 Å². The molecular formula is C15H21NO4. The lowest BCUT2D eigenvalue weighted by Gasteiger charge is -2.25. The van der Waals surface area contributed by atoms with Gasteiger partial charge in [0.15, 0.2) is 0 Å². The van der Waals surface area contributed by atoms with Gasteiger partial charge in [0.2, 0.25) is 5.91 Å². The van der Waals surface area contributed by atoms with Crippen LogP contribution >= 0.6 is 0 Å². The molecule has 6 atom stereocenters. The maximum Gasteiger partial charge on any atom is 0.307 e. The number of hydrogen-bond acceptors (Lipinski definition) is 3. The fourth-order valence-electron chi connectivity index (χ4n) is 3.91. The van der Waals surface area contributed by atoms with E-state index in [1.54, 1.807) is 0 Å². The van der Waals surface area contributed by atoms with Crippen LogP contribution in [0.3, 0.4) is 0 Å². The Morgan fingerprint density at radius 2 is 2.00 bits per heavy atom. The number of amides is 1. The lowest BCUT2D eigenvalue weighted by Crippen LogP contribution is -2.42. The van der Waals surface area contributed by atoms with Crippen LogP contribution < -0.4 is 5.32 Å². The second-order valence-electron chi connectivity index (χ2n) is 6.21. The fraction of sp³-hybridized carbons (Fsp3) is 0.733. The van der Waals surface area contributed by atoms with Gasteiger partial charge in [-0.2, -0.15) is 0 Å². The number of carboxylic acids is 1. The molecule has 4 unspecified atom stereocenters. The number of carbonyl (C=O) groups excluding carboxylic acids is 1. The van der Waals surface area contributed by atoms with Crippen molar-refractivity contribution in [1.29, 1.82) is 0 Å². The predicted molar refractivity (Wildman–Crippen MR) is 71.9 cm³/mol. The van der Waals surface area contributed by atoms with Gasteiger partial charge < -0.3 is 15.2 Å². The molecule has 2 N–H and O–H groups in total. The first kappa shape index (κ1) is 13.6. The topological polar surface area (TPSA) is 75.6 Å². The van der Waals surface area contributed by atoms with Crippen LogP contribution in [0.2, 0.25) is 0 Å². The Kier molecular flexibility index (Phi) is 3.54. The van der Waals surface area contributed by atoms with Crippen LogP contribution in [0.5, 0.6) is 0 Å². The van der Waals surface area contributed by atoms with Gasteiger partial charge in [0.05, 0.1) is 17.9 Å². The quantitative estimate of drug-likeness (QED) is 0.754. The predicted octanol–water partition coefficient (Wildman–Crippen LogP) is 1.05. The summed E-state index contributed by atoms with van der Waals surface area (Å²) in [6.07, 6.45) is 5.90. The Labute approximate surface area is 118 Å². The number of ether oxygens (including phenoxy) is 1. The van der Waals surface area contributed by atoms with Gasteiger partial charge >= 0.3 is 5.97 Å². The summed E-state index contributed by atoms with van der Waals surface area (Å²) >= 11 is 0. The minimum Gasteiger partial charge on any atom is -0.481 e. The molecule has 20 heavy (non-hydrogen) atoms. The molecular weight excluding hydrogens is 258 g/mol. The van der Waals surface area contributed by atoms with E-state index in [1.165, 1.54) is 0 Å². The number of nitrogens with one attached hydrogen (secondary N) is 1. The Hall–Kier alpha value is -1.36. The molecule has 2 bridgehead atoms. The van der Waals surface area contributed by atoms with E-state index in [4.69, 9.17) is 4.74 Å². The molecule has 0 spiro atoms. The highest BCUT2D eigenvalue weighted by molar-refractivity contribution is 5.86. The van der Waals surface area contributed by atoms with Crippen molar-refractivity contribution < 1.29 is 19.4 Å². The molecule has 1 heterocycles. The highest BCUT2D eigenvalue weighted by Crippen LogP contribution is 2.48.